The number of aromatic nitrogens is 6. The first-order valence-electron chi connectivity index (χ1n) is 14.5. The topological polar surface area (TPSA) is 114 Å². The Bertz CT molecular complexity index is 1870. The number of sulfone groups is 1. The summed E-state index contributed by atoms with van der Waals surface area (Å²) in [5, 5.41) is 9.10. The molecule has 1 saturated heterocycles. The number of pyridine rings is 2. The largest absolute Gasteiger partial charge is 0.477 e. The molecule has 5 heterocycles. The van der Waals surface area contributed by atoms with Gasteiger partial charge in [-0.2, -0.15) is 0 Å². The summed E-state index contributed by atoms with van der Waals surface area (Å²) < 4.78 is 42.8. The highest BCUT2D eigenvalue weighted by Gasteiger charge is 2.34. The van der Waals surface area contributed by atoms with E-state index in [9.17, 15) is 8.42 Å². The van der Waals surface area contributed by atoms with Gasteiger partial charge in [0.15, 0.2) is 9.84 Å². The van der Waals surface area contributed by atoms with Crippen LogP contribution in [0.1, 0.15) is 43.0 Å². The van der Waals surface area contributed by atoms with E-state index in [0.29, 0.717) is 48.0 Å². The van der Waals surface area contributed by atoms with E-state index < -0.39 is 9.84 Å². The van der Waals surface area contributed by atoms with Gasteiger partial charge in [0.05, 0.1) is 46.7 Å². The van der Waals surface area contributed by atoms with Crippen LogP contribution < -0.4 is 4.74 Å². The van der Waals surface area contributed by atoms with Crippen molar-refractivity contribution < 1.29 is 17.9 Å². The summed E-state index contributed by atoms with van der Waals surface area (Å²) in [6.45, 7) is 3.79. The number of benzene rings is 1. The molecule has 1 atom stereocenters. The Morgan fingerprint density at radius 2 is 1.83 bits per heavy atom. The molecule has 0 amide bonds. The summed E-state index contributed by atoms with van der Waals surface area (Å²) >= 11 is 0. The van der Waals surface area contributed by atoms with Gasteiger partial charge in [-0.1, -0.05) is 35.5 Å². The molecule has 1 aliphatic heterocycles. The van der Waals surface area contributed by atoms with Crippen LogP contribution in [0.4, 0.5) is 0 Å². The van der Waals surface area contributed by atoms with Crippen molar-refractivity contribution in [3.63, 3.8) is 0 Å². The Balaban J connectivity index is 1.60. The van der Waals surface area contributed by atoms with Gasteiger partial charge in [0.1, 0.15) is 10.4 Å². The lowest BCUT2D eigenvalue weighted by molar-refractivity contribution is 0.0552. The van der Waals surface area contributed by atoms with Crippen LogP contribution in [0.5, 0.6) is 5.88 Å². The standard InChI is InChI=1S/C31H34N6O4S/c1-19-28(36(2)35-34-19)23-15-24-27(32-16-23)26-30(25(42(3,38)39)17-33-31(26)41-18-20-9-10-20)37(24)29(21-7-5-4-6-8-21)22-11-13-40-14-12-22/h4-8,15-17,20,22,29H,9-14,18H2,1-3H3/t29-/m1/s1. The summed E-state index contributed by atoms with van der Waals surface area (Å²) in [7, 11) is -1.80. The van der Waals surface area contributed by atoms with Gasteiger partial charge in [0.2, 0.25) is 5.88 Å². The second kappa shape index (κ2) is 10.5. The van der Waals surface area contributed by atoms with Crippen LogP contribution in [0.15, 0.2) is 53.7 Å². The van der Waals surface area contributed by atoms with Gasteiger partial charge < -0.3 is 14.0 Å². The van der Waals surface area contributed by atoms with Crippen LogP contribution in [0.3, 0.4) is 0 Å². The third kappa shape index (κ3) is 4.74. The fraction of sp³-hybridized carbons (Fsp3) is 0.419. The van der Waals surface area contributed by atoms with Crippen LogP contribution in [0.25, 0.3) is 33.2 Å². The maximum atomic E-state index is 13.4. The second-order valence-corrected chi connectivity index (χ2v) is 13.6. The molecule has 0 N–H and O–H groups in total. The summed E-state index contributed by atoms with van der Waals surface area (Å²) in [4.78, 5) is 9.74. The van der Waals surface area contributed by atoms with E-state index in [-0.39, 0.29) is 16.9 Å². The predicted octanol–water partition coefficient (Wildman–Crippen LogP) is 4.90. The van der Waals surface area contributed by atoms with Crippen molar-refractivity contribution in [1.82, 2.24) is 29.5 Å². The Hall–Kier alpha value is -3.83. The van der Waals surface area contributed by atoms with E-state index in [1.807, 2.05) is 38.4 Å². The van der Waals surface area contributed by atoms with Crippen LogP contribution in [0.2, 0.25) is 0 Å². The number of nitrogens with zero attached hydrogens (tertiary/aromatic N) is 6. The first-order chi connectivity index (χ1) is 20.3. The van der Waals surface area contributed by atoms with Crippen molar-refractivity contribution in [1.29, 1.82) is 0 Å². The molecule has 1 aromatic carbocycles. The highest BCUT2D eigenvalue weighted by molar-refractivity contribution is 7.91. The molecular formula is C31H34N6O4S. The van der Waals surface area contributed by atoms with Crippen molar-refractivity contribution in [2.45, 2.75) is 43.5 Å². The van der Waals surface area contributed by atoms with Crippen molar-refractivity contribution in [2.75, 3.05) is 26.1 Å². The molecule has 11 heteroatoms. The van der Waals surface area contributed by atoms with Gasteiger partial charge in [-0.05, 0) is 56.1 Å². The summed E-state index contributed by atoms with van der Waals surface area (Å²) in [5.74, 6) is 1.13. The predicted molar refractivity (Wildman–Crippen MR) is 159 cm³/mol. The molecule has 10 nitrogen and oxygen atoms in total. The molecule has 218 valence electrons. The number of hydrogen-bond donors (Lipinski definition) is 0. The number of hydrogen-bond acceptors (Lipinski definition) is 8. The average molecular weight is 587 g/mol. The lowest BCUT2D eigenvalue weighted by Crippen LogP contribution is -2.27. The van der Waals surface area contributed by atoms with Gasteiger partial charge in [-0.15, -0.1) is 5.10 Å². The molecule has 7 rings (SSSR count). The van der Waals surface area contributed by atoms with Crippen LogP contribution in [-0.2, 0) is 21.6 Å². The number of fused-ring (bicyclic) bond motifs is 3. The molecule has 42 heavy (non-hydrogen) atoms. The molecule has 0 bridgehead atoms. The summed E-state index contributed by atoms with van der Waals surface area (Å²) in [6, 6.07) is 12.2. The van der Waals surface area contributed by atoms with E-state index in [0.717, 1.165) is 53.7 Å². The van der Waals surface area contributed by atoms with E-state index in [1.54, 1.807) is 4.68 Å². The van der Waals surface area contributed by atoms with E-state index in [2.05, 4.69) is 38.1 Å². The quantitative estimate of drug-likeness (QED) is 0.252. The van der Waals surface area contributed by atoms with E-state index >= 15 is 0 Å². The van der Waals surface area contributed by atoms with Crippen molar-refractivity contribution in [3.05, 3.63) is 60.0 Å². The molecular weight excluding hydrogens is 552 g/mol. The fourth-order valence-electron chi connectivity index (χ4n) is 6.32. The molecule has 4 aromatic heterocycles. The van der Waals surface area contributed by atoms with Gasteiger partial charge in [-0.3, -0.25) is 4.98 Å². The SMILES string of the molecule is Cc1nnn(C)c1-c1cnc2c3c(OCC4CC4)ncc(S(C)(=O)=O)c3n([C@H](c3ccccc3)C3CCOCC3)c2c1. The van der Waals surface area contributed by atoms with Crippen LogP contribution in [0, 0.1) is 18.8 Å². The Morgan fingerprint density at radius 3 is 2.50 bits per heavy atom. The number of aryl methyl sites for hydroxylation is 2. The van der Waals surface area contributed by atoms with Crippen molar-refractivity contribution in [3.8, 4) is 17.1 Å². The number of ether oxygens (including phenoxy) is 2. The average Bonchev–Trinajstić information content (AvgIpc) is 3.69. The third-order valence-electron chi connectivity index (χ3n) is 8.54. The molecule has 0 radical (unpaired) electrons. The van der Waals surface area contributed by atoms with Crippen LogP contribution in [-0.4, -0.2) is 64.0 Å². The first kappa shape index (κ1) is 27.0. The Kier molecular flexibility index (Phi) is 6.73. The Labute approximate surface area is 244 Å². The van der Waals surface area contributed by atoms with Gasteiger partial charge in [0, 0.05) is 38.3 Å². The fourth-order valence-corrected chi connectivity index (χ4v) is 7.12. The molecule has 5 aromatic rings. The monoisotopic (exact) mass is 586 g/mol. The van der Waals surface area contributed by atoms with Gasteiger partial charge >= 0.3 is 0 Å². The van der Waals surface area contributed by atoms with Crippen LogP contribution >= 0.6 is 0 Å². The molecule has 2 aliphatic rings. The zero-order valence-corrected chi connectivity index (χ0v) is 24.8. The third-order valence-corrected chi connectivity index (χ3v) is 9.64. The van der Waals surface area contributed by atoms with Gasteiger partial charge in [-0.25, -0.2) is 18.1 Å². The molecule has 1 aliphatic carbocycles. The lowest BCUT2D eigenvalue weighted by atomic mass is 9.86. The molecule has 1 saturated carbocycles. The van der Waals surface area contributed by atoms with Crippen molar-refractivity contribution >= 4 is 31.8 Å². The summed E-state index contributed by atoms with van der Waals surface area (Å²) in [5.41, 5.74) is 5.66. The molecule has 0 unspecified atom stereocenters. The maximum Gasteiger partial charge on any atom is 0.225 e. The zero-order valence-electron chi connectivity index (χ0n) is 24.0. The lowest BCUT2D eigenvalue weighted by Gasteiger charge is -2.33. The maximum absolute atomic E-state index is 13.4. The normalized spacial score (nSPS) is 17.2. The zero-order chi connectivity index (χ0) is 29.0. The number of rotatable bonds is 8. The smallest absolute Gasteiger partial charge is 0.225 e. The second-order valence-electron chi connectivity index (χ2n) is 11.6. The van der Waals surface area contributed by atoms with E-state index in [4.69, 9.17) is 14.5 Å². The minimum Gasteiger partial charge on any atom is -0.477 e. The highest BCUT2D eigenvalue weighted by Crippen LogP contribution is 2.45. The molecule has 2 fully saturated rings. The Morgan fingerprint density at radius 1 is 1.07 bits per heavy atom. The molecule has 0 spiro atoms. The van der Waals surface area contributed by atoms with E-state index in [1.165, 1.54) is 12.5 Å². The minimum absolute atomic E-state index is 0.169. The minimum atomic E-state index is -3.66. The van der Waals surface area contributed by atoms with Crippen molar-refractivity contribution in [2.24, 2.45) is 18.9 Å². The first-order valence-corrected chi connectivity index (χ1v) is 16.3. The highest BCUT2D eigenvalue weighted by atomic mass is 32.2. The van der Waals surface area contributed by atoms with Gasteiger partial charge in [0.25, 0.3) is 0 Å². The summed E-state index contributed by atoms with van der Waals surface area (Å²) in [6.07, 6.45) is 8.47.